The highest BCUT2D eigenvalue weighted by molar-refractivity contribution is 5.77. The molecule has 94 valence electrons. The Morgan fingerprint density at radius 2 is 2.11 bits per heavy atom. The SMILES string of the molecule is CC(C)N1CC(Cc2ccc(C#N)cc2)NC1=O. The van der Waals surface area contributed by atoms with Gasteiger partial charge in [-0.3, -0.25) is 0 Å². The van der Waals surface area contributed by atoms with Crippen LogP contribution in [0.1, 0.15) is 25.0 Å². The molecule has 1 aromatic carbocycles. The first-order chi connectivity index (χ1) is 8.60. The number of hydrogen-bond acceptors (Lipinski definition) is 2. The molecule has 1 N–H and O–H groups in total. The number of carbonyl (C=O) groups is 1. The van der Waals surface area contributed by atoms with Gasteiger partial charge < -0.3 is 10.2 Å². The van der Waals surface area contributed by atoms with Gasteiger partial charge >= 0.3 is 6.03 Å². The number of rotatable bonds is 3. The molecule has 0 saturated carbocycles. The Morgan fingerprint density at radius 1 is 1.44 bits per heavy atom. The zero-order valence-electron chi connectivity index (χ0n) is 10.7. The summed E-state index contributed by atoms with van der Waals surface area (Å²) in [4.78, 5) is 13.5. The second-order valence-corrected chi connectivity index (χ2v) is 4.91. The number of urea groups is 1. The van der Waals surface area contributed by atoms with Crippen LogP contribution in [0.2, 0.25) is 0 Å². The van der Waals surface area contributed by atoms with Crippen LogP contribution in [0.25, 0.3) is 0 Å². The van der Waals surface area contributed by atoms with Gasteiger partial charge in [0.2, 0.25) is 0 Å². The molecule has 0 aliphatic carbocycles. The number of nitrogens with zero attached hydrogens (tertiary/aromatic N) is 2. The van der Waals surface area contributed by atoms with Crippen molar-refractivity contribution in [3.63, 3.8) is 0 Å². The van der Waals surface area contributed by atoms with Crippen LogP contribution in [0.4, 0.5) is 4.79 Å². The van der Waals surface area contributed by atoms with Crippen LogP contribution in [0.3, 0.4) is 0 Å². The largest absolute Gasteiger partial charge is 0.333 e. The Labute approximate surface area is 107 Å². The molecule has 0 bridgehead atoms. The summed E-state index contributed by atoms with van der Waals surface area (Å²) in [6.07, 6.45) is 0.806. The lowest BCUT2D eigenvalue weighted by molar-refractivity contribution is 0.206. The summed E-state index contributed by atoms with van der Waals surface area (Å²) in [7, 11) is 0. The molecule has 4 heteroatoms. The fourth-order valence-electron chi connectivity index (χ4n) is 2.18. The average Bonchev–Trinajstić information content (AvgIpc) is 2.71. The summed E-state index contributed by atoms with van der Waals surface area (Å²) in [5.74, 6) is 0. The van der Waals surface area contributed by atoms with Gasteiger partial charge in [0.25, 0.3) is 0 Å². The van der Waals surface area contributed by atoms with Crippen LogP contribution in [-0.2, 0) is 6.42 Å². The lowest BCUT2D eigenvalue weighted by Crippen LogP contribution is -2.33. The lowest BCUT2D eigenvalue weighted by Gasteiger charge is -2.18. The summed E-state index contributed by atoms with van der Waals surface area (Å²) >= 11 is 0. The quantitative estimate of drug-likeness (QED) is 0.881. The first kappa shape index (κ1) is 12.4. The zero-order valence-corrected chi connectivity index (χ0v) is 10.7. The van der Waals surface area contributed by atoms with Crippen LogP contribution in [0, 0.1) is 11.3 Å². The molecular weight excluding hydrogens is 226 g/mol. The molecule has 0 spiro atoms. The van der Waals surface area contributed by atoms with Gasteiger partial charge in [0.05, 0.1) is 17.7 Å². The second kappa shape index (κ2) is 5.09. The van der Waals surface area contributed by atoms with Crippen molar-refractivity contribution in [2.45, 2.75) is 32.4 Å². The van der Waals surface area contributed by atoms with Crippen LogP contribution < -0.4 is 5.32 Å². The fraction of sp³-hybridized carbons (Fsp3) is 0.429. The van der Waals surface area contributed by atoms with Crippen molar-refractivity contribution in [2.24, 2.45) is 0 Å². The Balaban J connectivity index is 1.99. The van der Waals surface area contributed by atoms with Gasteiger partial charge in [0, 0.05) is 12.6 Å². The molecule has 1 unspecified atom stereocenters. The van der Waals surface area contributed by atoms with Gasteiger partial charge in [-0.1, -0.05) is 12.1 Å². The van der Waals surface area contributed by atoms with Gasteiger partial charge in [-0.25, -0.2) is 4.79 Å². The predicted molar refractivity (Wildman–Crippen MR) is 69.0 cm³/mol. The molecule has 2 amide bonds. The van der Waals surface area contributed by atoms with E-state index in [9.17, 15) is 4.79 Å². The summed E-state index contributed by atoms with van der Waals surface area (Å²) in [5, 5.41) is 11.7. The maximum absolute atomic E-state index is 11.7. The summed E-state index contributed by atoms with van der Waals surface area (Å²) in [5.41, 5.74) is 1.81. The van der Waals surface area contributed by atoms with Crippen molar-refractivity contribution in [3.8, 4) is 6.07 Å². The minimum absolute atomic E-state index is 0.0173. The lowest BCUT2D eigenvalue weighted by atomic mass is 10.0. The van der Waals surface area contributed by atoms with E-state index in [1.807, 2.05) is 43.0 Å². The molecule has 1 atom stereocenters. The fourth-order valence-corrected chi connectivity index (χ4v) is 2.18. The van der Waals surface area contributed by atoms with Crippen LogP contribution >= 0.6 is 0 Å². The van der Waals surface area contributed by atoms with E-state index in [4.69, 9.17) is 5.26 Å². The number of nitriles is 1. The van der Waals surface area contributed by atoms with E-state index in [2.05, 4.69) is 11.4 Å². The maximum atomic E-state index is 11.7. The standard InChI is InChI=1S/C14H17N3O/c1-10(2)17-9-13(16-14(17)18)7-11-3-5-12(8-15)6-4-11/h3-6,10,13H,7,9H2,1-2H3,(H,16,18). The van der Waals surface area contributed by atoms with Gasteiger partial charge in [-0.2, -0.15) is 5.26 Å². The van der Waals surface area contributed by atoms with Crippen LogP contribution in [-0.4, -0.2) is 29.6 Å². The topological polar surface area (TPSA) is 56.1 Å². The first-order valence-corrected chi connectivity index (χ1v) is 6.16. The Kier molecular flexibility index (Phi) is 3.52. The molecule has 18 heavy (non-hydrogen) atoms. The monoisotopic (exact) mass is 243 g/mol. The predicted octanol–water partition coefficient (Wildman–Crippen LogP) is 1.90. The number of hydrogen-bond donors (Lipinski definition) is 1. The van der Waals surface area contributed by atoms with Gasteiger partial charge in [0.15, 0.2) is 0 Å². The van der Waals surface area contributed by atoms with E-state index >= 15 is 0 Å². The van der Waals surface area contributed by atoms with Crippen LogP contribution in [0.5, 0.6) is 0 Å². The van der Waals surface area contributed by atoms with Crippen molar-refractivity contribution >= 4 is 6.03 Å². The minimum Gasteiger partial charge on any atom is -0.333 e. The third kappa shape index (κ3) is 2.62. The number of nitrogens with one attached hydrogen (secondary N) is 1. The van der Waals surface area contributed by atoms with E-state index in [-0.39, 0.29) is 18.1 Å². The normalized spacial score (nSPS) is 18.9. The highest BCUT2D eigenvalue weighted by atomic mass is 16.2. The molecule has 4 nitrogen and oxygen atoms in total. The average molecular weight is 243 g/mol. The van der Waals surface area contributed by atoms with Crippen molar-refractivity contribution in [1.29, 1.82) is 5.26 Å². The van der Waals surface area contributed by atoms with Crippen LogP contribution in [0.15, 0.2) is 24.3 Å². The molecule has 1 heterocycles. The zero-order chi connectivity index (χ0) is 13.1. The van der Waals surface area contributed by atoms with E-state index in [0.29, 0.717) is 5.56 Å². The molecular formula is C14H17N3O. The van der Waals surface area contributed by atoms with E-state index in [0.717, 1.165) is 18.5 Å². The van der Waals surface area contributed by atoms with Crippen molar-refractivity contribution < 1.29 is 4.79 Å². The molecule has 2 rings (SSSR count). The first-order valence-electron chi connectivity index (χ1n) is 6.16. The summed E-state index contributed by atoms with van der Waals surface area (Å²) in [6.45, 7) is 4.78. The Morgan fingerprint density at radius 3 is 2.61 bits per heavy atom. The van der Waals surface area contributed by atoms with Gasteiger partial charge in [-0.15, -0.1) is 0 Å². The molecule has 1 fully saturated rings. The second-order valence-electron chi connectivity index (χ2n) is 4.91. The molecule has 1 aliphatic rings. The number of carbonyl (C=O) groups excluding carboxylic acids is 1. The minimum atomic E-state index is 0.0173. The van der Waals surface area contributed by atoms with Crippen molar-refractivity contribution in [1.82, 2.24) is 10.2 Å². The Hall–Kier alpha value is -2.02. The van der Waals surface area contributed by atoms with Gasteiger partial charge in [-0.05, 0) is 38.0 Å². The third-order valence-corrected chi connectivity index (χ3v) is 3.19. The summed E-state index contributed by atoms with van der Waals surface area (Å²) < 4.78 is 0. The molecule has 0 radical (unpaired) electrons. The van der Waals surface area contributed by atoms with E-state index in [1.54, 1.807) is 0 Å². The highest BCUT2D eigenvalue weighted by Crippen LogP contribution is 2.13. The van der Waals surface area contributed by atoms with Crippen molar-refractivity contribution in [2.75, 3.05) is 6.54 Å². The molecule has 1 aromatic rings. The summed E-state index contributed by atoms with van der Waals surface area (Å²) in [6, 6.07) is 10.0. The highest BCUT2D eigenvalue weighted by Gasteiger charge is 2.30. The van der Waals surface area contributed by atoms with Crippen molar-refractivity contribution in [3.05, 3.63) is 35.4 Å². The smallest absolute Gasteiger partial charge is 0.317 e. The maximum Gasteiger partial charge on any atom is 0.317 e. The molecule has 0 aromatic heterocycles. The molecule has 1 aliphatic heterocycles. The van der Waals surface area contributed by atoms with Gasteiger partial charge in [0.1, 0.15) is 0 Å². The number of amides is 2. The number of benzene rings is 1. The Bertz CT molecular complexity index is 473. The van der Waals surface area contributed by atoms with E-state index in [1.165, 1.54) is 0 Å². The van der Waals surface area contributed by atoms with E-state index < -0.39 is 0 Å². The molecule has 1 saturated heterocycles. The third-order valence-electron chi connectivity index (χ3n) is 3.19.